The zero-order valence-corrected chi connectivity index (χ0v) is 74.8. The third-order valence-corrected chi connectivity index (χ3v) is 30.2. The average molecular weight is 1750 g/mol. The molecule has 0 saturated heterocycles. The Labute approximate surface area is 816 Å². The molecule has 21 aromatic carbocycles. The van der Waals surface area contributed by atoms with Crippen molar-refractivity contribution in [2.45, 2.75) is 37.0 Å². The van der Waals surface area contributed by atoms with Crippen LogP contribution in [-0.4, -0.2) is 15.8 Å². The molecule has 0 bridgehead atoms. The fraction of sp³-hybridized carbons (Fsp3) is 0.0455. The molecule has 2 aromatic heterocycles. The van der Waals surface area contributed by atoms with Gasteiger partial charge in [-0.1, -0.05) is 385 Å². The van der Waals surface area contributed by atoms with Gasteiger partial charge in [0.05, 0.1) is 63.5 Å². The van der Waals surface area contributed by atoms with E-state index in [9.17, 15) is 19.2 Å². The molecule has 4 aliphatic carbocycles. The minimum absolute atomic E-state index is 0.0166. The first-order chi connectivity index (χ1) is 73.4. The van der Waals surface area contributed by atoms with E-state index in [0.29, 0.717) is 33.9 Å². The Morgan fingerprint density at radius 1 is 0.226 bits per heavy atom. The van der Waals surface area contributed by atoms with Crippen LogP contribution in [0.15, 0.2) is 473 Å². The van der Waals surface area contributed by atoms with E-state index in [-0.39, 0.29) is 91.0 Å². The summed E-state index contributed by atoms with van der Waals surface area (Å²) in [5.41, 5.74) is 33.7. The molecule has 2 spiro atoms. The van der Waals surface area contributed by atoms with Gasteiger partial charge in [-0.2, -0.15) is 0 Å². The Bertz CT molecular complexity index is 9380. The van der Waals surface area contributed by atoms with Crippen molar-refractivity contribution in [3.63, 3.8) is 0 Å². The lowest BCUT2D eigenvalue weighted by Crippen LogP contribution is -2.61. The van der Waals surface area contributed by atoms with Crippen molar-refractivity contribution >= 4 is 101 Å². The summed E-state index contributed by atoms with van der Waals surface area (Å²) in [4.78, 5) is 4.77. The quantitative estimate of drug-likeness (QED) is 0.127. The van der Waals surface area contributed by atoms with Crippen LogP contribution in [-0.2, 0) is 16.2 Å². The largest absolute Gasteiger partial charge is 0.311 e. The molecule has 0 radical (unpaired) electrons. The van der Waals surface area contributed by atoms with Gasteiger partial charge in [0.15, 0.2) is 0 Å². The Hall–Kier alpha value is -17.1. The summed E-state index contributed by atoms with van der Waals surface area (Å²) in [5.74, 6) is 0. The van der Waals surface area contributed by atoms with Crippen LogP contribution in [0.1, 0.15) is 90.0 Å². The van der Waals surface area contributed by atoms with Gasteiger partial charge < -0.3 is 18.9 Å². The minimum Gasteiger partial charge on any atom is -0.311 e. The first kappa shape index (κ1) is 64.7. The summed E-state index contributed by atoms with van der Waals surface area (Å²) in [7, 11) is 0. The summed E-state index contributed by atoms with van der Waals surface area (Å²) in [6.45, 7) is 5.90. The van der Waals surface area contributed by atoms with Crippen LogP contribution in [0.3, 0.4) is 0 Å². The smallest absolute Gasteiger partial charge is 0.252 e. The van der Waals surface area contributed by atoms with Gasteiger partial charge in [-0.15, -0.1) is 0 Å². The number of anilines is 6. The highest BCUT2D eigenvalue weighted by Crippen LogP contribution is 2.66. The first-order valence-corrected chi connectivity index (χ1v) is 47.0. The normalized spacial score (nSPS) is 15.2. The molecule has 6 aliphatic rings. The number of benzene rings is 21. The van der Waals surface area contributed by atoms with Crippen LogP contribution in [0.4, 0.5) is 34.1 Å². The molecule has 4 nitrogen and oxygen atoms in total. The van der Waals surface area contributed by atoms with Gasteiger partial charge >= 0.3 is 0 Å². The number of nitrogens with zero attached hydrogens (tertiary/aromatic N) is 4. The Kier molecular flexibility index (Phi) is 13.8. The molecule has 0 amide bonds. The van der Waals surface area contributed by atoms with Gasteiger partial charge in [0.25, 0.3) is 6.71 Å². The van der Waals surface area contributed by atoms with Gasteiger partial charge in [0, 0.05) is 66.8 Å². The van der Waals surface area contributed by atoms with E-state index in [1.54, 1.807) is 33.4 Å². The van der Waals surface area contributed by atoms with E-state index < -0.39 is 71.3 Å². The van der Waals surface area contributed by atoms with Crippen molar-refractivity contribution in [2.24, 2.45) is 0 Å². The molecule has 0 fully saturated rings. The molecular formula is C132H87BN4. The topological polar surface area (TPSA) is 16.3 Å². The molecule has 4 heterocycles. The lowest BCUT2D eigenvalue weighted by molar-refractivity contribution is 0.590. The Morgan fingerprint density at radius 2 is 0.533 bits per heavy atom. The number of hydrogen-bond acceptors (Lipinski definition) is 2. The summed E-state index contributed by atoms with van der Waals surface area (Å²) in [6, 6.07) is 131. The summed E-state index contributed by atoms with van der Waals surface area (Å²) in [5, 5.41) is 0.223. The maximum atomic E-state index is 10.5. The molecule has 0 saturated carbocycles. The van der Waals surface area contributed by atoms with Gasteiger partial charge in [-0.05, 0) is 281 Å². The number of hydrogen-bond donors (Lipinski definition) is 0. The summed E-state index contributed by atoms with van der Waals surface area (Å²) in [6.07, 6.45) is 0. The molecule has 29 rings (SSSR count). The number of para-hydroxylation sites is 2. The fourth-order valence-electron chi connectivity index (χ4n) is 24.3. The lowest BCUT2D eigenvalue weighted by Gasteiger charge is -2.46. The predicted octanol–water partition coefficient (Wildman–Crippen LogP) is 31.9. The van der Waals surface area contributed by atoms with Crippen LogP contribution in [0.5, 0.6) is 0 Å². The van der Waals surface area contributed by atoms with E-state index in [0.717, 1.165) is 123 Å². The fourth-order valence-corrected chi connectivity index (χ4v) is 24.3. The molecule has 0 unspecified atom stereocenters. The molecule has 0 N–H and O–H groups in total. The molecule has 2 aliphatic heterocycles. The van der Waals surface area contributed by atoms with Crippen molar-refractivity contribution in [1.29, 1.82) is 0 Å². The van der Waals surface area contributed by atoms with Gasteiger partial charge in [-0.25, -0.2) is 0 Å². The highest BCUT2D eigenvalue weighted by atomic mass is 15.2. The zero-order chi connectivity index (χ0) is 102. The van der Waals surface area contributed by atoms with E-state index in [1.165, 1.54) is 55.6 Å². The third-order valence-electron chi connectivity index (χ3n) is 30.2. The molecule has 0 atom stereocenters. The average Bonchev–Trinajstić information content (AvgIpc) is 1.48. The van der Waals surface area contributed by atoms with Gasteiger partial charge in [0.1, 0.15) is 0 Å². The van der Waals surface area contributed by atoms with Crippen LogP contribution in [0.25, 0.3) is 166 Å². The van der Waals surface area contributed by atoms with Crippen LogP contribution < -0.4 is 26.2 Å². The molecular weight excluding hydrogens is 1650 g/mol. The van der Waals surface area contributed by atoms with Crippen LogP contribution >= 0.6 is 0 Å². The van der Waals surface area contributed by atoms with Crippen molar-refractivity contribution in [3.8, 4) is 123 Å². The van der Waals surface area contributed by atoms with Crippen molar-refractivity contribution in [3.05, 3.63) is 523 Å². The van der Waals surface area contributed by atoms with Crippen molar-refractivity contribution < 1.29 is 19.2 Å². The van der Waals surface area contributed by atoms with Crippen molar-refractivity contribution in [2.75, 3.05) is 9.80 Å². The van der Waals surface area contributed by atoms with E-state index in [2.05, 4.69) is 334 Å². The molecule has 137 heavy (non-hydrogen) atoms. The second-order valence-electron chi connectivity index (χ2n) is 38.1. The lowest BCUT2D eigenvalue weighted by atomic mass is 9.33. The number of aromatic nitrogens is 2. The maximum Gasteiger partial charge on any atom is 0.252 e. The highest BCUT2D eigenvalue weighted by Gasteiger charge is 2.54. The standard InChI is InChI=1S/C132H87BN4/c1-130(2,3)92-78-127-129-128(79-92)137(122-69-59-87(83-34-10-5-11-35-83)73-104(122)91-57-65-116-106(77-91)100-45-21-29-53-114(100)132(116)111-50-26-18-42-97(111)98-43-19-27-51-112(98)132)126-81-94(135-120-55-31-23-47-102(120)108-75-89(61-71-124(108)135)85-38-14-7-15-39-85)63-67-118(126)133(129)117-66-62-93(134-119-54-30-22-46-101(119)107-74-88(60-70-123(107)134)84-36-12-6-13-37-84)80-125(117)136(127)121-68-58-86(82-32-8-4-9-33-82)72-103(121)90-56-64-115-105(76-90)99-44-20-28-52-113(99)131(115)109-48-24-16-40-95(109)96-41-17-25-49-110(96)131/h4-81H,1-3H3/i22D,23D,30D,31D,46D,47D,54D,55D,60D,61D,70D,71D,74D,75D. The SMILES string of the molecule is [2H]c1c([2H])c([2H])c2c(c1[2H])c1c([2H])c(-c3ccccc3)c([2H])c([2H])c1n2-c1ccc2c(c1)N(c1ccc(-c3ccccc3)cc1-c1ccc3c(c1)-c1ccccc1C31c3ccccc3-c3ccccc31)c1cc(C(C)(C)C)cc3c1B2c1ccc(-n2c4c([2H])c([2H])c([2H])c([2H])c4c4c([2H])c(-c5ccccc5)c([2H])c([2H])c42)cc1N3c1ccc(-c2ccccc2)cc1-c1ccc2c(c1)-c1ccccc1C21c2ccccc2-c2ccccc21. The molecule has 23 aromatic rings. The van der Waals surface area contributed by atoms with Crippen molar-refractivity contribution in [1.82, 2.24) is 9.13 Å². The zero-order valence-electron chi connectivity index (χ0n) is 88.8. The Balaban J connectivity index is 0.758. The third kappa shape index (κ3) is 11.0. The van der Waals surface area contributed by atoms with E-state index in [4.69, 9.17) is 0 Å². The summed E-state index contributed by atoms with van der Waals surface area (Å²) >= 11 is 0. The maximum absolute atomic E-state index is 10.5. The van der Waals surface area contributed by atoms with E-state index in [1.807, 2.05) is 60.7 Å². The van der Waals surface area contributed by atoms with Crippen LogP contribution in [0.2, 0.25) is 0 Å². The van der Waals surface area contributed by atoms with Gasteiger partial charge in [-0.3, -0.25) is 0 Å². The Morgan fingerprint density at radius 3 is 0.898 bits per heavy atom. The number of fused-ring (bicyclic) bond motifs is 30. The minimum atomic E-state index is -0.779. The summed E-state index contributed by atoms with van der Waals surface area (Å²) < 4.78 is 145. The van der Waals surface area contributed by atoms with Crippen LogP contribution in [0, 0.1) is 0 Å². The number of rotatable bonds is 10. The molecule has 638 valence electrons. The van der Waals surface area contributed by atoms with E-state index >= 15 is 0 Å². The second kappa shape index (κ2) is 29.2. The highest BCUT2D eigenvalue weighted by molar-refractivity contribution is 7.00. The monoisotopic (exact) mass is 1750 g/mol. The second-order valence-corrected chi connectivity index (χ2v) is 38.1. The van der Waals surface area contributed by atoms with Gasteiger partial charge in [0.2, 0.25) is 0 Å². The molecule has 5 heteroatoms. The first-order valence-electron chi connectivity index (χ1n) is 54.0. The predicted molar refractivity (Wildman–Crippen MR) is 573 cm³/mol.